The highest BCUT2D eigenvalue weighted by Crippen LogP contribution is 2.21. The second-order valence-corrected chi connectivity index (χ2v) is 9.36. The van der Waals surface area contributed by atoms with Crippen LogP contribution in [0.25, 0.3) is 10.8 Å². The van der Waals surface area contributed by atoms with E-state index < -0.39 is 0 Å². The molecule has 1 aromatic heterocycles. The maximum atomic E-state index is 12.9. The minimum Gasteiger partial charge on any atom is -0.368 e. The lowest BCUT2D eigenvalue weighted by Gasteiger charge is -2.33. The summed E-state index contributed by atoms with van der Waals surface area (Å²) in [4.78, 5) is 36.1. The van der Waals surface area contributed by atoms with Gasteiger partial charge in [0.05, 0.1) is 11.9 Å². The lowest BCUT2D eigenvalue weighted by Crippen LogP contribution is -2.42. The number of aromatic amines is 1. The molecule has 1 saturated heterocycles. The van der Waals surface area contributed by atoms with Crippen molar-refractivity contribution in [3.8, 4) is 0 Å². The summed E-state index contributed by atoms with van der Waals surface area (Å²) in [6.45, 7) is 4.86. The second-order valence-electron chi connectivity index (χ2n) is 9.36. The first-order valence-electron chi connectivity index (χ1n) is 12.2. The molecular weight excluding hydrogens is 440 g/mol. The summed E-state index contributed by atoms with van der Waals surface area (Å²) in [5, 5.41) is 11.6. The van der Waals surface area contributed by atoms with Gasteiger partial charge in [-0.2, -0.15) is 5.10 Å². The van der Waals surface area contributed by atoms with Crippen LogP contribution in [0.3, 0.4) is 0 Å². The molecule has 1 unspecified atom stereocenters. The van der Waals surface area contributed by atoms with Crippen molar-refractivity contribution in [1.29, 1.82) is 0 Å². The Bertz CT molecular complexity index is 1340. The monoisotopic (exact) mass is 470 g/mol. The van der Waals surface area contributed by atoms with Crippen LogP contribution in [0.4, 0.5) is 5.82 Å². The van der Waals surface area contributed by atoms with E-state index in [0.717, 1.165) is 48.4 Å². The number of anilines is 1. The Morgan fingerprint density at radius 2 is 1.94 bits per heavy atom. The number of hydrogen-bond donors (Lipinski definition) is 2. The van der Waals surface area contributed by atoms with Crippen LogP contribution in [0.5, 0.6) is 0 Å². The number of piperidine rings is 1. The van der Waals surface area contributed by atoms with Crippen molar-refractivity contribution in [2.75, 3.05) is 31.5 Å². The van der Waals surface area contributed by atoms with Gasteiger partial charge < -0.3 is 10.2 Å². The Balaban J connectivity index is 1.13. The van der Waals surface area contributed by atoms with E-state index in [1.807, 2.05) is 35.2 Å². The van der Waals surface area contributed by atoms with Gasteiger partial charge in [0.1, 0.15) is 0 Å². The van der Waals surface area contributed by atoms with Crippen molar-refractivity contribution in [3.05, 3.63) is 70.0 Å². The van der Waals surface area contributed by atoms with Crippen molar-refractivity contribution in [3.63, 3.8) is 0 Å². The van der Waals surface area contributed by atoms with Crippen molar-refractivity contribution in [1.82, 2.24) is 15.1 Å². The summed E-state index contributed by atoms with van der Waals surface area (Å²) >= 11 is 0. The number of aryl methyl sites for hydroxylation is 1. The van der Waals surface area contributed by atoms with Crippen LogP contribution in [0.1, 0.15) is 36.8 Å². The fourth-order valence-corrected chi connectivity index (χ4v) is 4.74. The molecule has 8 heteroatoms. The zero-order valence-corrected chi connectivity index (χ0v) is 20.0. The number of rotatable bonds is 7. The van der Waals surface area contributed by atoms with Crippen molar-refractivity contribution in [2.24, 2.45) is 15.9 Å². The van der Waals surface area contributed by atoms with E-state index in [4.69, 9.17) is 0 Å². The molecule has 35 heavy (non-hydrogen) atoms. The van der Waals surface area contributed by atoms with Crippen LogP contribution < -0.4 is 10.9 Å². The standard InChI is InChI=1S/C27H30N6O2/c1-18-8-10-20(11-9-18)25-29-16-21(30-25)12-13-24(34)33-14-4-5-19(17-33)15-28-26-22-6-2-3-7-23(22)27(35)32-31-26/h2-3,6-11,19H,4-5,12-17H2,1H3,(H,28,31)(H,32,35). The molecule has 8 nitrogen and oxygen atoms in total. The van der Waals surface area contributed by atoms with Gasteiger partial charge in [-0.3, -0.25) is 14.6 Å². The van der Waals surface area contributed by atoms with Crippen LogP contribution in [-0.4, -0.2) is 58.7 Å². The fraction of sp³-hybridized carbons (Fsp3) is 0.370. The van der Waals surface area contributed by atoms with Gasteiger partial charge in [0.25, 0.3) is 5.56 Å². The molecule has 0 radical (unpaired) electrons. The third kappa shape index (κ3) is 5.31. The predicted molar refractivity (Wildman–Crippen MR) is 139 cm³/mol. The number of nitrogens with one attached hydrogen (secondary N) is 2. The van der Waals surface area contributed by atoms with Gasteiger partial charge in [0.2, 0.25) is 5.91 Å². The predicted octanol–water partition coefficient (Wildman–Crippen LogP) is 3.56. The normalized spacial score (nSPS) is 17.9. The molecule has 0 saturated carbocycles. The molecule has 1 amide bonds. The Hall–Kier alpha value is -3.81. The van der Waals surface area contributed by atoms with Crippen LogP contribution in [-0.2, 0) is 4.79 Å². The summed E-state index contributed by atoms with van der Waals surface area (Å²) in [7, 11) is 0. The smallest absolute Gasteiger partial charge is 0.272 e. The van der Waals surface area contributed by atoms with E-state index in [-0.39, 0.29) is 11.5 Å². The molecule has 0 bridgehead atoms. The van der Waals surface area contributed by atoms with Gasteiger partial charge >= 0.3 is 0 Å². The molecular formula is C27H30N6O2. The van der Waals surface area contributed by atoms with Crippen molar-refractivity contribution in [2.45, 2.75) is 32.6 Å². The molecule has 5 rings (SSSR count). The van der Waals surface area contributed by atoms with E-state index in [0.29, 0.717) is 43.1 Å². The number of likely N-dealkylation sites (tertiary alicyclic amines) is 1. The van der Waals surface area contributed by atoms with Crippen LogP contribution in [0, 0.1) is 12.8 Å². The first-order valence-corrected chi connectivity index (χ1v) is 12.2. The van der Waals surface area contributed by atoms with Crippen LogP contribution in [0.15, 0.2) is 63.3 Å². The highest BCUT2D eigenvalue weighted by molar-refractivity contribution is 6.12. The minimum absolute atomic E-state index is 0.175. The highest BCUT2D eigenvalue weighted by atomic mass is 16.2. The molecule has 3 heterocycles. The number of H-pyrrole nitrogens is 1. The van der Waals surface area contributed by atoms with Crippen molar-refractivity contribution >= 4 is 34.0 Å². The number of benzene rings is 2. The SMILES string of the molecule is Cc1ccc(C2=NCC(CCC(=O)N3CCCC(CNc4n[nH]c(=O)c5ccccc45)C3)=N2)cc1. The molecule has 2 N–H and O–H groups in total. The average Bonchev–Trinajstić information content (AvgIpc) is 3.37. The number of aromatic nitrogens is 2. The number of nitrogens with zero attached hydrogens (tertiary/aromatic N) is 4. The molecule has 1 atom stereocenters. The largest absolute Gasteiger partial charge is 0.368 e. The summed E-state index contributed by atoms with van der Waals surface area (Å²) in [6.07, 6.45) is 3.14. The molecule has 2 aromatic carbocycles. The maximum absolute atomic E-state index is 12.9. The Morgan fingerprint density at radius 1 is 1.14 bits per heavy atom. The van der Waals surface area contributed by atoms with Gasteiger partial charge in [-0.25, -0.2) is 10.1 Å². The summed E-state index contributed by atoms with van der Waals surface area (Å²) in [5.74, 6) is 1.95. The lowest BCUT2D eigenvalue weighted by molar-refractivity contribution is -0.132. The second kappa shape index (κ2) is 10.2. The molecule has 0 aliphatic carbocycles. The first kappa shape index (κ1) is 23.0. The fourth-order valence-electron chi connectivity index (χ4n) is 4.74. The Kier molecular flexibility index (Phi) is 6.70. The van der Waals surface area contributed by atoms with E-state index in [9.17, 15) is 9.59 Å². The Morgan fingerprint density at radius 3 is 2.77 bits per heavy atom. The molecule has 0 spiro atoms. The van der Waals surface area contributed by atoms with E-state index >= 15 is 0 Å². The zero-order valence-electron chi connectivity index (χ0n) is 20.0. The van der Waals surface area contributed by atoms with E-state index in [1.165, 1.54) is 5.56 Å². The zero-order chi connectivity index (χ0) is 24.2. The lowest BCUT2D eigenvalue weighted by atomic mass is 9.97. The van der Waals surface area contributed by atoms with E-state index in [1.54, 1.807) is 6.07 Å². The quantitative estimate of drug-likeness (QED) is 0.551. The number of amidine groups is 1. The van der Waals surface area contributed by atoms with E-state index in [2.05, 4.69) is 44.6 Å². The minimum atomic E-state index is -0.191. The number of carbonyl (C=O) groups excluding carboxylic acids is 1. The van der Waals surface area contributed by atoms with Gasteiger partial charge in [0.15, 0.2) is 11.7 Å². The maximum Gasteiger partial charge on any atom is 0.272 e. The third-order valence-electron chi connectivity index (χ3n) is 6.74. The molecule has 2 aliphatic rings. The highest BCUT2D eigenvalue weighted by Gasteiger charge is 2.24. The van der Waals surface area contributed by atoms with Crippen molar-refractivity contribution < 1.29 is 4.79 Å². The number of amides is 1. The molecule has 180 valence electrons. The number of fused-ring (bicyclic) bond motifs is 1. The summed E-state index contributed by atoms with van der Waals surface area (Å²) in [6, 6.07) is 15.6. The molecule has 1 fully saturated rings. The van der Waals surface area contributed by atoms with Crippen LogP contribution >= 0.6 is 0 Å². The Labute approximate surface area is 204 Å². The topological polar surface area (TPSA) is 103 Å². The molecule has 2 aliphatic heterocycles. The molecule has 3 aromatic rings. The third-order valence-corrected chi connectivity index (χ3v) is 6.74. The number of aliphatic imine (C=N–C) groups is 2. The van der Waals surface area contributed by atoms with Gasteiger partial charge in [-0.1, -0.05) is 48.0 Å². The number of carbonyl (C=O) groups is 1. The first-order chi connectivity index (χ1) is 17.1. The van der Waals surface area contributed by atoms with Gasteiger partial charge in [-0.05, 0) is 38.2 Å². The van der Waals surface area contributed by atoms with Crippen LogP contribution in [0.2, 0.25) is 0 Å². The summed E-state index contributed by atoms with van der Waals surface area (Å²) < 4.78 is 0. The van der Waals surface area contributed by atoms with Gasteiger partial charge in [0, 0.05) is 42.7 Å². The number of hydrogen-bond acceptors (Lipinski definition) is 6. The average molecular weight is 471 g/mol. The summed E-state index contributed by atoms with van der Waals surface area (Å²) in [5.41, 5.74) is 3.01. The van der Waals surface area contributed by atoms with Gasteiger partial charge in [-0.15, -0.1) is 0 Å².